The number of carbonyl (C=O) groups is 2. The number of hydrogen-bond acceptors (Lipinski definition) is 4. The number of methoxy groups -OCH3 is 1. The van der Waals surface area contributed by atoms with E-state index in [1.807, 2.05) is 0 Å². The molecule has 0 bridgehead atoms. The number of amides is 1. The van der Waals surface area contributed by atoms with Crippen LogP contribution in [0, 0.1) is 0 Å². The first-order valence-corrected chi connectivity index (χ1v) is 9.40. The molecule has 0 radical (unpaired) electrons. The maximum Gasteiger partial charge on any atom is 0.326 e. The van der Waals surface area contributed by atoms with Crippen molar-refractivity contribution in [1.29, 1.82) is 0 Å². The predicted octanol–water partition coefficient (Wildman–Crippen LogP) is 4.14. The molecule has 3 aromatic rings. The van der Waals surface area contributed by atoms with E-state index >= 15 is 0 Å². The molecule has 0 aliphatic carbocycles. The number of hydrogen-bond donors (Lipinski definition) is 1. The fourth-order valence-electron chi connectivity index (χ4n) is 2.77. The summed E-state index contributed by atoms with van der Waals surface area (Å²) in [5, 5.41) is 10.1. The maximum absolute atomic E-state index is 12.6. The highest BCUT2D eigenvalue weighted by atomic mass is 35.5. The third kappa shape index (κ3) is 3.89. The summed E-state index contributed by atoms with van der Waals surface area (Å²) in [4.78, 5) is 28.9. The number of rotatable bonds is 5. The van der Waals surface area contributed by atoms with Crippen molar-refractivity contribution in [2.24, 2.45) is 4.99 Å². The van der Waals surface area contributed by atoms with Crippen LogP contribution in [0.5, 0.6) is 5.75 Å². The molecular formula is C19H17ClN2O4S. The van der Waals surface area contributed by atoms with E-state index in [4.69, 9.17) is 16.3 Å². The van der Waals surface area contributed by atoms with Crippen LogP contribution in [0.15, 0.2) is 47.5 Å². The van der Waals surface area contributed by atoms with Crippen LogP contribution >= 0.6 is 22.9 Å². The van der Waals surface area contributed by atoms with Crippen molar-refractivity contribution in [3.63, 3.8) is 0 Å². The zero-order valence-corrected chi connectivity index (χ0v) is 16.3. The average molecular weight is 405 g/mol. The first kappa shape index (κ1) is 19.1. The van der Waals surface area contributed by atoms with Crippen molar-refractivity contribution in [3.8, 4) is 5.75 Å². The van der Waals surface area contributed by atoms with E-state index in [9.17, 15) is 14.7 Å². The first-order chi connectivity index (χ1) is 12.9. The molecule has 0 fully saturated rings. The van der Waals surface area contributed by atoms with Crippen LogP contribution in [0.1, 0.15) is 29.7 Å². The molecule has 0 saturated heterocycles. The molecule has 1 heterocycles. The Bertz CT molecular complexity index is 1090. The number of benzene rings is 2. The smallest absolute Gasteiger partial charge is 0.326 e. The van der Waals surface area contributed by atoms with Gasteiger partial charge in [0.25, 0.3) is 5.91 Å². The minimum atomic E-state index is -0.982. The van der Waals surface area contributed by atoms with Crippen LogP contribution in [0.2, 0.25) is 5.02 Å². The van der Waals surface area contributed by atoms with Crippen LogP contribution in [0.25, 0.3) is 10.2 Å². The molecule has 1 amide bonds. The number of thiazole rings is 1. The Kier molecular flexibility index (Phi) is 5.62. The summed E-state index contributed by atoms with van der Waals surface area (Å²) in [6.07, 6.45) is 0.353. The summed E-state index contributed by atoms with van der Waals surface area (Å²) in [5.41, 5.74) is 1.03. The standard InChI is InChI=1S/C19H17ClN2O4S/c1-3-14(18(24)25)22-15-8-7-13(26-2)10-16(15)27-19(22)21-17(23)11-5-4-6-12(20)9-11/h4-10,14H,3H2,1-2H3,(H,24,25)/b21-19-. The molecule has 8 heteroatoms. The van der Waals surface area contributed by atoms with Gasteiger partial charge in [-0.3, -0.25) is 4.79 Å². The maximum atomic E-state index is 12.6. The number of carboxylic acid groups (broad SMARTS) is 1. The highest BCUT2D eigenvalue weighted by Gasteiger charge is 2.22. The molecule has 0 spiro atoms. The van der Waals surface area contributed by atoms with Crippen LogP contribution in [-0.4, -0.2) is 28.7 Å². The lowest BCUT2D eigenvalue weighted by Crippen LogP contribution is -2.27. The van der Waals surface area contributed by atoms with Gasteiger partial charge < -0.3 is 14.4 Å². The zero-order valence-electron chi connectivity index (χ0n) is 14.7. The van der Waals surface area contributed by atoms with Gasteiger partial charge in [-0.25, -0.2) is 4.79 Å². The van der Waals surface area contributed by atoms with Gasteiger partial charge in [0.05, 0.1) is 17.3 Å². The van der Waals surface area contributed by atoms with E-state index in [1.165, 1.54) is 17.4 Å². The van der Waals surface area contributed by atoms with Gasteiger partial charge in [-0.2, -0.15) is 4.99 Å². The third-order valence-electron chi connectivity index (χ3n) is 4.09. The Morgan fingerprint density at radius 2 is 2.07 bits per heavy atom. The van der Waals surface area contributed by atoms with Crippen LogP contribution in [-0.2, 0) is 4.79 Å². The van der Waals surface area contributed by atoms with Gasteiger partial charge in [0.15, 0.2) is 4.80 Å². The summed E-state index contributed by atoms with van der Waals surface area (Å²) in [6, 6.07) is 11.0. The Balaban J connectivity index is 2.23. The Hall–Kier alpha value is -2.64. The molecule has 0 aliphatic rings. The minimum absolute atomic E-state index is 0.317. The second-order valence-electron chi connectivity index (χ2n) is 5.78. The summed E-state index contributed by atoms with van der Waals surface area (Å²) in [6.45, 7) is 1.78. The molecule has 27 heavy (non-hydrogen) atoms. The number of fused-ring (bicyclic) bond motifs is 1. The van der Waals surface area contributed by atoms with Gasteiger partial charge in [-0.1, -0.05) is 35.9 Å². The molecule has 1 atom stereocenters. The summed E-state index contributed by atoms with van der Waals surface area (Å²) in [7, 11) is 1.56. The first-order valence-electron chi connectivity index (χ1n) is 8.21. The Morgan fingerprint density at radius 3 is 2.70 bits per heavy atom. The molecule has 1 N–H and O–H groups in total. The van der Waals surface area contributed by atoms with Crippen molar-refractivity contribution in [3.05, 3.63) is 57.9 Å². The molecule has 6 nitrogen and oxygen atoms in total. The largest absolute Gasteiger partial charge is 0.497 e. The highest BCUT2D eigenvalue weighted by Crippen LogP contribution is 2.26. The van der Waals surface area contributed by atoms with Crippen molar-refractivity contribution in [1.82, 2.24) is 4.57 Å². The van der Waals surface area contributed by atoms with Gasteiger partial charge in [-0.15, -0.1) is 0 Å². The summed E-state index contributed by atoms with van der Waals surface area (Å²) < 4.78 is 7.61. The number of halogens is 1. The second-order valence-corrected chi connectivity index (χ2v) is 7.22. The normalized spacial score (nSPS) is 12.9. The van der Waals surface area contributed by atoms with Crippen molar-refractivity contribution < 1.29 is 19.4 Å². The van der Waals surface area contributed by atoms with E-state index in [0.29, 0.717) is 33.1 Å². The second kappa shape index (κ2) is 7.94. The number of carboxylic acids is 1. The topological polar surface area (TPSA) is 80.9 Å². The number of aliphatic carboxylic acids is 1. The van der Waals surface area contributed by atoms with Gasteiger partial charge in [0.2, 0.25) is 0 Å². The fraction of sp³-hybridized carbons (Fsp3) is 0.211. The SMILES string of the molecule is CCC(C(=O)O)n1/c(=N/C(=O)c2cccc(Cl)c2)sc2cc(OC)ccc21. The van der Waals surface area contributed by atoms with Gasteiger partial charge in [0.1, 0.15) is 11.8 Å². The number of carbonyl (C=O) groups excluding carboxylic acids is 1. The minimum Gasteiger partial charge on any atom is -0.497 e. The van der Waals surface area contributed by atoms with Gasteiger partial charge >= 0.3 is 5.97 Å². The van der Waals surface area contributed by atoms with E-state index in [0.717, 1.165) is 4.70 Å². The highest BCUT2D eigenvalue weighted by molar-refractivity contribution is 7.16. The summed E-state index contributed by atoms with van der Waals surface area (Å²) >= 11 is 7.19. The van der Waals surface area contributed by atoms with E-state index in [1.54, 1.807) is 55.0 Å². The van der Waals surface area contributed by atoms with E-state index in [2.05, 4.69) is 4.99 Å². The van der Waals surface area contributed by atoms with Crippen LogP contribution in [0.3, 0.4) is 0 Å². The lowest BCUT2D eigenvalue weighted by atomic mass is 10.2. The molecule has 140 valence electrons. The molecule has 0 aliphatic heterocycles. The van der Waals surface area contributed by atoms with Crippen molar-refractivity contribution >= 4 is 45.0 Å². The molecule has 2 aromatic carbocycles. The van der Waals surface area contributed by atoms with Crippen LogP contribution < -0.4 is 9.54 Å². The van der Waals surface area contributed by atoms with Gasteiger partial charge in [0, 0.05) is 10.6 Å². The molecule has 3 rings (SSSR count). The zero-order chi connectivity index (χ0) is 19.6. The van der Waals surface area contributed by atoms with E-state index < -0.39 is 17.9 Å². The molecule has 1 aromatic heterocycles. The number of nitrogens with zero attached hydrogens (tertiary/aromatic N) is 2. The van der Waals surface area contributed by atoms with Crippen LogP contribution in [0.4, 0.5) is 0 Å². The summed E-state index contributed by atoms with van der Waals surface area (Å²) in [5.74, 6) is -0.818. The van der Waals surface area contributed by atoms with E-state index in [-0.39, 0.29) is 0 Å². The number of aromatic nitrogens is 1. The Morgan fingerprint density at radius 1 is 1.30 bits per heavy atom. The fourth-order valence-corrected chi connectivity index (χ4v) is 4.06. The van der Waals surface area contributed by atoms with Crippen molar-refractivity contribution in [2.75, 3.05) is 7.11 Å². The molecular weight excluding hydrogens is 388 g/mol. The molecule has 0 saturated carbocycles. The Labute approximate surface area is 164 Å². The lowest BCUT2D eigenvalue weighted by molar-refractivity contribution is -0.140. The van der Waals surface area contributed by atoms with Crippen molar-refractivity contribution in [2.45, 2.75) is 19.4 Å². The van der Waals surface area contributed by atoms with Gasteiger partial charge in [-0.05, 0) is 42.8 Å². The lowest BCUT2D eigenvalue weighted by Gasteiger charge is -2.13. The molecule has 1 unspecified atom stereocenters. The predicted molar refractivity (Wildman–Crippen MR) is 105 cm³/mol. The third-order valence-corrected chi connectivity index (χ3v) is 5.34. The quantitative estimate of drug-likeness (QED) is 0.692. The average Bonchev–Trinajstić information content (AvgIpc) is 2.99. The number of ether oxygens (including phenoxy) is 1. The monoisotopic (exact) mass is 404 g/mol.